The van der Waals surface area contributed by atoms with Crippen molar-refractivity contribution in [3.8, 4) is 0 Å². The predicted molar refractivity (Wildman–Crippen MR) is 117 cm³/mol. The van der Waals surface area contributed by atoms with Crippen LogP contribution in [0.15, 0.2) is 29.2 Å². The fraction of sp³-hybridized carbons (Fsp3) is 0.429. The van der Waals surface area contributed by atoms with Crippen LogP contribution in [0.3, 0.4) is 0 Å². The fourth-order valence-electron chi connectivity index (χ4n) is 3.50. The van der Waals surface area contributed by atoms with Gasteiger partial charge in [-0.05, 0) is 56.1 Å². The highest BCUT2D eigenvalue weighted by molar-refractivity contribution is 7.90. The van der Waals surface area contributed by atoms with Crippen LogP contribution < -0.4 is 5.32 Å². The molecule has 1 aromatic heterocycles. The number of hydrogen-bond acceptors (Lipinski definition) is 7. The van der Waals surface area contributed by atoms with Crippen molar-refractivity contribution in [2.24, 2.45) is 0 Å². The quantitative estimate of drug-likeness (QED) is 0.651. The Balaban J connectivity index is 1.89. The highest BCUT2D eigenvalue weighted by Crippen LogP contribution is 2.38. The van der Waals surface area contributed by atoms with Crippen LogP contribution in [-0.2, 0) is 27.5 Å². The second kappa shape index (κ2) is 9.28. The minimum atomic E-state index is -3.34. The number of amides is 1. The van der Waals surface area contributed by atoms with Crippen LogP contribution in [0.4, 0.5) is 5.00 Å². The monoisotopic (exact) mass is 450 g/mol. The number of carbonyl (C=O) groups is 2. The van der Waals surface area contributed by atoms with Gasteiger partial charge in [-0.1, -0.05) is 6.92 Å². The molecular weight excluding hydrogens is 424 g/mol. The number of ether oxygens (including phenoxy) is 1. The van der Waals surface area contributed by atoms with Crippen molar-refractivity contribution in [1.29, 1.82) is 0 Å². The van der Waals surface area contributed by atoms with Crippen molar-refractivity contribution < 1.29 is 22.7 Å². The lowest BCUT2D eigenvalue weighted by molar-refractivity contribution is 0.0526. The molecule has 0 radical (unpaired) electrons. The van der Waals surface area contributed by atoms with E-state index in [1.807, 2.05) is 0 Å². The summed E-state index contributed by atoms with van der Waals surface area (Å²) in [6, 6.07) is 5.73. The van der Waals surface area contributed by atoms with Crippen LogP contribution in [-0.4, -0.2) is 51.1 Å². The summed E-state index contributed by atoms with van der Waals surface area (Å²) in [7, 11) is -3.34. The van der Waals surface area contributed by atoms with E-state index in [1.54, 1.807) is 6.92 Å². The first kappa shape index (κ1) is 22.5. The molecule has 2 aromatic rings. The van der Waals surface area contributed by atoms with Crippen LogP contribution in [0.1, 0.15) is 51.4 Å². The molecule has 0 saturated carbocycles. The van der Waals surface area contributed by atoms with Gasteiger partial charge < -0.3 is 10.1 Å². The van der Waals surface area contributed by atoms with Crippen molar-refractivity contribution in [3.63, 3.8) is 0 Å². The van der Waals surface area contributed by atoms with Gasteiger partial charge in [-0.25, -0.2) is 13.2 Å². The van der Waals surface area contributed by atoms with Gasteiger partial charge in [0.1, 0.15) is 5.00 Å². The number of nitrogens with one attached hydrogen (secondary N) is 1. The molecule has 0 atom stereocenters. The lowest BCUT2D eigenvalue weighted by atomic mass is 10.0. The minimum Gasteiger partial charge on any atom is -0.462 e. The van der Waals surface area contributed by atoms with E-state index >= 15 is 0 Å². The maximum Gasteiger partial charge on any atom is 0.341 e. The number of rotatable bonds is 7. The number of thiophene rings is 1. The number of carbonyl (C=O) groups excluding carboxylic acids is 2. The third-order valence-corrected chi connectivity index (χ3v) is 7.19. The Bertz CT molecular complexity index is 1040. The van der Waals surface area contributed by atoms with Gasteiger partial charge in [0, 0.05) is 29.8 Å². The maximum absolute atomic E-state index is 12.8. The molecule has 7 nitrogen and oxygen atoms in total. The van der Waals surface area contributed by atoms with Crippen LogP contribution in [0.2, 0.25) is 0 Å². The third-order valence-electron chi connectivity index (χ3n) is 4.93. The van der Waals surface area contributed by atoms with Gasteiger partial charge in [-0.2, -0.15) is 0 Å². The van der Waals surface area contributed by atoms with Crippen molar-refractivity contribution >= 4 is 38.1 Å². The van der Waals surface area contributed by atoms with Crippen LogP contribution in [0.5, 0.6) is 0 Å². The summed E-state index contributed by atoms with van der Waals surface area (Å²) in [5.74, 6) is -0.828. The summed E-state index contributed by atoms with van der Waals surface area (Å²) >= 11 is 1.41. The second-order valence-corrected chi connectivity index (χ2v) is 10.3. The zero-order chi connectivity index (χ0) is 21.9. The molecular formula is C21H26N2O5S2. The molecule has 0 spiro atoms. The molecule has 1 aliphatic heterocycles. The highest BCUT2D eigenvalue weighted by Gasteiger charge is 2.29. The molecule has 162 valence electrons. The molecule has 1 N–H and O–H groups in total. The SMILES string of the molecule is CCCN1CCc2c(sc(NC(=O)c3ccc(S(C)(=O)=O)cc3)c2C(=O)OCC)C1. The Morgan fingerprint density at radius 2 is 1.90 bits per heavy atom. The Kier molecular flexibility index (Phi) is 6.95. The number of esters is 1. The Labute approximate surface area is 181 Å². The third kappa shape index (κ3) is 4.91. The van der Waals surface area contributed by atoms with Gasteiger partial charge in [-0.3, -0.25) is 9.69 Å². The van der Waals surface area contributed by atoms with E-state index in [9.17, 15) is 18.0 Å². The first-order chi connectivity index (χ1) is 14.2. The summed E-state index contributed by atoms with van der Waals surface area (Å²) in [6.07, 6.45) is 2.91. The number of anilines is 1. The zero-order valence-corrected chi connectivity index (χ0v) is 19.0. The van der Waals surface area contributed by atoms with Gasteiger partial charge in [-0.15, -0.1) is 11.3 Å². The number of fused-ring (bicyclic) bond motifs is 1. The largest absolute Gasteiger partial charge is 0.462 e. The number of benzene rings is 1. The normalized spacial score (nSPS) is 14.2. The zero-order valence-electron chi connectivity index (χ0n) is 17.4. The highest BCUT2D eigenvalue weighted by atomic mass is 32.2. The van der Waals surface area contributed by atoms with E-state index in [0.717, 1.165) is 49.2 Å². The average Bonchev–Trinajstić information content (AvgIpc) is 3.05. The van der Waals surface area contributed by atoms with E-state index in [2.05, 4.69) is 17.1 Å². The average molecular weight is 451 g/mol. The molecule has 1 aliphatic rings. The van der Waals surface area contributed by atoms with Crippen LogP contribution in [0, 0.1) is 0 Å². The van der Waals surface area contributed by atoms with Crippen molar-refractivity contribution in [2.45, 2.75) is 38.1 Å². The molecule has 2 heterocycles. The van der Waals surface area contributed by atoms with Gasteiger partial charge in [0.2, 0.25) is 0 Å². The minimum absolute atomic E-state index is 0.147. The summed E-state index contributed by atoms with van der Waals surface area (Å²) in [6.45, 7) is 6.74. The smallest absolute Gasteiger partial charge is 0.341 e. The first-order valence-electron chi connectivity index (χ1n) is 9.90. The molecule has 1 aromatic carbocycles. The van der Waals surface area contributed by atoms with Gasteiger partial charge in [0.15, 0.2) is 9.84 Å². The van der Waals surface area contributed by atoms with E-state index in [0.29, 0.717) is 16.1 Å². The number of sulfone groups is 1. The Hall–Kier alpha value is -2.23. The molecule has 0 aliphatic carbocycles. The summed E-state index contributed by atoms with van der Waals surface area (Å²) in [4.78, 5) is 29.0. The van der Waals surface area contributed by atoms with Gasteiger partial charge >= 0.3 is 5.97 Å². The second-order valence-electron chi connectivity index (χ2n) is 7.21. The summed E-state index contributed by atoms with van der Waals surface area (Å²) in [5.41, 5.74) is 1.71. The number of nitrogens with zero attached hydrogens (tertiary/aromatic N) is 1. The Morgan fingerprint density at radius 3 is 2.50 bits per heavy atom. The fourth-order valence-corrected chi connectivity index (χ4v) is 5.40. The lowest BCUT2D eigenvalue weighted by Crippen LogP contribution is -2.30. The predicted octanol–water partition coefficient (Wildman–Crippen LogP) is 3.35. The van der Waals surface area contributed by atoms with E-state index in [1.165, 1.54) is 35.6 Å². The molecule has 0 saturated heterocycles. The van der Waals surface area contributed by atoms with E-state index in [4.69, 9.17) is 4.74 Å². The van der Waals surface area contributed by atoms with Crippen LogP contribution >= 0.6 is 11.3 Å². The molecule has 9 heteroatoms. The van der Waals surface area contributed by atoms with Crippen LogP contribution in [0.25, 0.3) is 0 Å². The Morgan fingerprint density at radius 1 is 1.20 bits per heavy atom. The van der Waals surface area contributed by atoms with Gasteiger partial charge in [0.05, 0.1) is 17.1 Å². The molecule has 30 heavy (non-hydrogen) atoms. The van der Waals surface area contributed by atoms with Gasteiger partial charge in [0.25, 0.3) is 5.91 Å². The topological polar surface area (TPSA) is 92.8 Å². The molecule has 0 fully saturated rings. The lowest BCUT2D eigenvalue weighted by Gasteiger charge is -2.26. The standard InChI is InChI=1S/C21H26N2O5S2/c1-4-11-23-12-10-16-17(13-23)29-20(18(16)21(25)28-5-2)22-19(24)14-6-8-15(9-7-14)30(3,26)27/h6-9H,4-5,10-13H2,1-3H3,(H,22,24). The van der Waals surface area contributed by atoms with E-state index < -0.39 is 21.7 Å². The molecule has 0 bridgehead atoms. The molecule has 1 amide bonds. The molecule has 3 rings (SSSR count). The van der Waals surface area contributed by atoms with Crippen molar-refractivity contribution in [3.05, 3.63) is 45.8 Å². The van der Waals surface area contributed by atoms with Crippen molar-refractivity contribution in [1.82, 2.24) is 4.90 Å². The summed E-state index contributed by atoms with van der Waals surface area (Å²) in [5, 5.41) is 3.32. The molecule has 0 unspecified atom stereocenters. The number of hydrogen-bond donors (Lipinski definition) is 1. The maximum atomic E-state index is 12.8. The summed E-state index contributed by atoms with van der Waals surface area (Å²) < 4.78 is 28.5. The first-order valence-corrected chi connectivity index (χ1v) is 12.6. The van der Waals surface area contributed by atoms with Crippen molar-refractivity contribution in [2.75, 3.05) is 31.3 Å². The van der Waals surface area contributed by atoms with E-state index in [-0.39, 0.29) is 11.5 Å².